The summed E-state index contributed by atoms with van der Waals surface area (Å²) in [7, 11) is 0. The van der Waals surface area contributed by atoms with Crippen LogP contribution >= 0.6 is 0 Å². The molecule has 0 unspecified atom stereocenters. The SMILES string of the molecule is CC(C)(C)OC(=O)c1ccc(C(F)(F)F)c(F)c1. The van der Waals surface area contributed by atoms with E-state index in [9.17, 15) is 22.4 Å². The first-order valence-electron chi connectivity index (χ1n) is 5.11. The maximum Gasteiger partial charge on any atom is 0.419 e. The number of hydrogen-bond acceptors (Lipinski definition) is 2. The predicted octanol–water partition coefficient (Wildman–Crippen LogP) is 3.80. The van der Waals surface area contributed by atoms with Gasteiger partial charge < -0.3 is 4.74 Å². The summed E-state index contributed by atoms with van der Waals surface area (Å²) in [6.07, 6.45) is -4.78. The van der Waals surface area contributed by atoms with Gasteiger partial charge in [0.15, 0.2) is 0 Å². The molecule has 0 heterocycles. The number of carbonyl (C=O) groups excluding carboxylic acids is 1. The van der Waals surface area contributed by atoms with E-state index >= 15 is 0 Å². The van der Waals surface area contributed by atoms with Crippen molar-refractivity contribution in [2.75, 3.05) is 0 Å². The van der Waals surface area contributed by atoms with Gasteiger partial charge in [-0.05, 0) is 39.0 Å². The molecule has 2 nitrogen and oxygen atoms in total. The van der Waals surface area contributed by atoms with Gasteiger partial charge in [0.2, 0.25) is 0 Å². The van der Waals surface area contributed by atoms with Gasteiger partial charge in [-0.3, -0.25) is 0 Å². The highest BCUT2D eigenvalue weighted by atomic mass is 19.4. The van der Waals surface area contributed by atoms with Crippen LogP contribution in [0.2, 0.25) is 0 Å². The van der Waals surface area contributed by atoms with E-state index in [1.54, 1.807) is 20.8 Å². The Hall–Kier alpha value is -1.59. The summed E-state index contributed by atoms with van der Waals surface area (Å²) < 4.78 is 55.0. The van der Waals surface area contributed by atoms with Crippen LogP contribution in [0.3, 0.4) is 0 Å². The molecule has 0 aliphatic rings. The summed E-state index contributed by atoms with van der Waals surface area (Å²) in [5.74, 6) is -2.36. The molecule has 1 aromatic carbocycles. The van der Waals surface area contributed by atoms with Crippen LogP contribution in [0.5, 0.6) is 0 Å². The zero-order chi connectivity index (χ0) is 14.1. The Bertz CT molecular complexity index is 458. The number of rotatable bonds is 1. The average Bonchev–Trinajstić information content (AvgIpc) is 2.12. The van der Waals surface area contributed by atoms with E-state index in [0.29, 0.717) is 12.1 Å². The van der Waals surface area contributed by atoms with Crippen LogP contribution in [-0.4, -0.2) is 11.6 Å². The molecule has 0 radical (unpaired) electrons. The molecule has 0 aromatic heterocycles. The van der Waals surface area contributed by atoms with E-state index in [1.807, 2.05) is 0 Å². The van der Waals surface area contributed by atoms with Crippen LogP contribution in [-0.2, 0) is 10.9 Å². The van der Waals surface area contributed by atoms with E-state index in [4.69, 9.17) is 4.74 Å². The van der Waals surface area contributed by atoms with E-state index in [0.717, 1.165) is 6.07 Å². The molecule has 0 aliphatic heterocycles. The molecule has 18 heavy (non-hydrogen) atoms. The molecule has 0 N–H and O–H groups in total. The molecule has 100 valence electrons. The molecule has 1 rings (SSSR count). The monoisotopic (exact) mass is 264 g/mol. The second-order valence-electron chi connectivity index (χ2n) is 4.69. The van der Waals surface area contributed by atoms with Gasteiger partial charge in [0.05, 0.1) is 11.1 Å². The normalized spacial score (nSPS) is 12.4. The van der Waals surface area contributed by atoms with E-state index in [1.165, 1.54) is 0 Å². The van der Waals surface area contributed by atoms with Crippen LogP contribution in [0.15, 0.2) is 18.2 Å². The number of esters is 1. The van der Waals surface area contributed by atoms with Crippen molar-refractivity contribution in [3.8, 4) is 0 Å². The molecule has 0 atom stereocenters. The van der Waals surface area contributed by atoms with Gasteiger partial charge in [-0.1, -0.05) is 0 Å². The lowest BCUT2D eigenvalue weighted by Gasteiger charge is -2.19. The van der Waals surface area contributed by atoms with Gasteiger partial charge in [-0.2, -0.15) is 13.2 Å². The standard InChI is InChI=1S/C12H12F4O2/c1-11(2,3)18-10(17)7-4-5-8(9(13)6-7)12(14,15)16/h4-6H,1-3H3. The molecular formula is C12H12F4O2. The van der Waals surface area contributed by atoms with Crippen molar-refractivity contribution < 1.29 is 27.1 Å². The third kappa shape index (κ3) is 3.72. The maximum atomic E-state index is 13.2. The molecular weight excluding hydrogens is 252 g/mol. The summed E-state index contributed by atoms with van der Waals surface area (Å²) in [5.41, 5.74) is -2.46. The number of halogens is 4. The van der Waals surface area contributed by atoms with Gasteiger partial charge >= 0.3 is 12.1 Å². The van der Waals surface area contributed by atoms with Gasteiger partial charge in [-0.15, -0.1) is 0 Å². The van der Waals surface area contributed by atoms with Gasteiger partial charge in [0, 0.05) is 0 Å². The number of hydrogen-bond donors (Lipinski definition) is 0. The van der Waals surface area contributed by atoms with Crippen LogP contribution < -0.4 is 0 Å². The van der Waals surface area contributed by atoms with Crippen LogP contribution in [0.25, 0.3) is 0 Å². The summed E-state index contributed by atoms with van der Waals surface area (Å²) in [6.45, 7) is 4.81. The third-order valence-corrected chi connectivity index (χ3v) is 1.91. The minimum Gasteiger partial charge on any atom is -0.456 e. The lowest BCUT2D eigenvalue weighted by molar-refractivity contribution is -0.140. The smallest absolute Gasteiger partial charge is 0.419 e. The van der Waals surface area contributed by atoms with Crippen molar-refractivity contribution in [3.63, 3.8) is 0 Å². The highest BCUT2D eigenvalue weighted by Crippen LogP contribution is 2.31. The highest BCUT2D eigenvalue weighted by Gasteiger charge is 2.34. The zero-order valence-electron chi connectivity index (χ0n) is 10.1. The minimum absolute atomic E-state index is 0.254. The van der Waals surface area contributed by atoms with Gasteiger partial charge in [0.1, 0.15) is 11.4 Å². The average molecular weight is 264 g/mol. The first-order chi connectivity index (χ1) is 8.00. The molecule has 0 spiro atoms. The van der Waals surface area contributed by atoms with Gasteiger partial charge in [-0.25, -0.2) is 9.18 Å². The van der Waals surface area contributed by atoms with E-state index in [-0.39, 0.29) is 5.56 Å². The summed E-state index contributed by atoms with van der Waals surface area (Å²) in [6, 6.07) is 1.94. The fourth-order valence-electron chi connectivity index (χ4n) is 1.21. The molecule has 0 amide bonds. The topological polar surface area (TPSA) is 26.3 Å². The maximum absolute atomic E-state index is 13.2. The van der Waals surface area contributed by atoms with E-state index < -0.39 is 29.1 Å². The number of benzene rings is 1. The largest absolute Gasteiger partial charge is 0.456 e. The summed E-state index contributed by atoms with van der Waals surface area (Å²) >= 11 is 0. The second kappa shape index (κ2) is 4.59. The first kappa shape index (κ1) is 14.5. The molecule has 1 aromatic rings. The fraction of sp³-hybridized carbons (Fsp3) is 0.417. The third-order valence-electron chi connectivity index (χ3n) is 1.91. The Morgan fingerprint density at radius 3 is 2.11 bits per heavy atom. The van der Waals surface area contributed by atoms with Crippen molar-refractivity contribution in [2.24, 2.45) is 0 Å². The summed E-state index contributed by atoms with van der Waals surface area (Å²) in [4.78, 5) is 11.5. The Labute approximate surface area is 102 Å². The highest BCUT2D eigenvalue weighted by molar-refractivity contribution is 5.89. The first-order valence-corrected chi connectivity index (χ1v) is 5.11. The van der Waals surface area contributed by atoms with Crippen LogP contribution in [0.1, 0.15) is 36.7 Å². The molecule has 0 bridgehead atoms. The Balaban J connectivity index is 3.02. The molecule has 0 aliphatic carbocycles. The number of carbonyl (C=O) groups is 1. The van der Waals surface area contributed by atoms with Crippen molar-refractivity contribution in [1.29, 1.82) is 0 Å². The van der Waals surface area contributed by atoms with Gasteiger partial charge in [0.25, 0.3) is 0 Å². The van der Waals surface area contributed by atoms with Crippen molar-refractivity contribution in [3.05, 3.63) is 35.1 Å². The van der Waals surface area contributed by atoms with Crippen molar-refractivity contribution in [1.82, 2.24) is 0 Å². The van der Waals surface area contributed by atoms with Crippen molar-refractivity contribution >= 4 is 5.97 Å². The van der Waals surface area contributed by atoms with Crippen LogP contribution in [0.4, 0.5) is 17.6 Å². The quantitative estimate of drug-likeness (QED) is 0.569. The molecule has 0 fully saturated rings. The molecule has 6 heteroatoms. The number of ether oxygens (including phenoxy) is 1. The van der Waals surface area contributed by atoms with Crippen molar-refractivity contribution in [2.45, 2.75) is 32.5 Å². The Kier molecular flexibility index (Phi) is 3.69. The number of alkyl halides is 3. The predicted molar refractivity (Wildman–Crippen MR) is 56.6 cm³/mol. The minimum atomic E-state index is -4.78. The van der Waals surface area contributed by atoms with Crippen LogP contribution in [0, 0.1) is 5.82 Å². The zero-order valence-corrected chi connectivity index (χ0v) is 10.1. The second-order valence-corrected chi connectivity index (χ2v) is 4.69. The van der Waals surface area contributed by atoms with E-state index in [2.05, 4.69) is 0 Å². The fourth-order valence-corrected chi connectivity index (χ4v) is 1.21. The Morgan fingerprint density at radius 1 is 1.17 bits per heavy atom. The Morgan fingerprint density at radius 2 is 1.72 bits per heavy atom. The summed E-state index contributed by atoms with van der Waals surface area (Å²) in [5, 5.41) is 0. The lowest BCUT2D eigenvalue weighted by atomic mass is 10.1. The molecule has 0 saturated carbocycles. The lowest BCUT2D eigenvalue weighted by Crippen LogP contribution is -2.24. The molecule has 0 saturated heterocycles.